The number of aliphatic imine (C=N–C) groups is 2. The van der Waals surface area contributed by atoms with Gasteiger partial charge in [0.25, 0.3) is 0 Å². The molecule has 0 aliphatic rings. The van der Waals surface area contributed by atoms with Gasteiger partial charge >= 0.3 is 0 Å². The zero-order valence-electron chi connectivity index (χ0n) is 14.9. The van der Waals surface area contributed by atoms with Crippen molar-refractivity contribution in [2.75, 3.05) is 0 Å². The monoisotopic (exact) mass is 307 g/mol. The average molecular weight is 307 g/mol. The summed E-state index contributed by atoms with van der Waals surface area (Å²) in [6, 6.07) is 10.2. The smallest absolute Gasteiger partial charge is 0.0820 e. The van der Waals surface area contributed by atoms with Crippen molar-refractivity contribution in [3.05, 3.63) is 58.4 Å². The Bertz CT molecular complexity index is 727. The van der Waals surface area contributed by atoms with E-state index >= 15 is 0 Å². The Labute approximate surface area is 139 Å². The molecule has 0 unspecified atom stereocenters. The van der Waals surface area contributed by atoms with Crippen LogP contribution in [0.4, 0.5) is 5.69 Å². The number of hydrogen-bond acceptors (Lipinski definition) is 3. The number of aromatic nitrogens is 1. The summed E-state index contributed by atoms with van der Waals surface area (Å²) in [6.45, 7) is 12.5. The Hall–Kier alpha value is -2.29. The lowest BCUT2D eigenvalue weighted by atomic mass is 10.1. The van der Waals surface area contributed by atoms with Crippen LogP contribution in [0.3, 0.4) is 0 Å². The molecule has 0 amide bonds. The van der Waals surface area contributed by atoms with E-state index in [0.717, 1.165) is 17.1 Å². The van der Waals surface area contributed by atoms with Crippen LogP contribution in [-0.2, 0) is 0 Å². The Balaban J connectivity index is 2.26. The van der Waals surface area contributed by atoms with E-state index in [1.807, 2.05) is 30.6 Å². The lowest BCUT2D eigenvalue weighted by Crippen LogP contribution is -2.10. The number of nitrogens with zero attached hydrogens (tertiary/aromatic N) is 3. The van der Waals surface area contributed by atoms with Crippen LogP contribution in [-0.4, -0.2) is 23.0 Å². The van der Waals surface area contributed by atoms with Gasteiger partial charge in [-0.25, -0.2) is 4.98 Å². The van der Waals surface area contributed by atoms with E-state index in [4.69, 9.17) is 0 Å². The summed E-state index contributed by atoms with van der Waals surface area (Å²) in [6.07, 6.45) is 3.64. The van der Waals surface area contributed by atoms with Gasteiger partial charge in [0.2, 0.25) is 0 Å². The molecule has 0 saturated heterocycles. The fourth-order valence-electron chi connectivity index (χ4n) is 2.38. The van der Waals surface area contributed by atoms with E-state index in [1.54, 1.807) is 0 Å². The molecule has 0 spiro atoms. The van der Waals surface area contributed by atoms with Crippen molar-refractivity contribution in [1.29, 1.82) is 0 Å². The van der Waals surface area contributed by atoms with Gasteiger partial charge in [0, 0.05) is 6.21 Å². The van der Waals surface area contributed by atoms with Gasteiger partial charge in [0.05, 0.1) is 28.8 Å². The van der Waals surface area contributed by atoms with Gasteiger partial charge in [0.1, 0.15) is 0 Å². The van der Waals surface area contributed by atoms with Crippen LogP contribution in [0.25, 0.3) is 0 Å². The van der Waals surface area contributed by atoms with Crippen molar-refractivity contribution in [1.82, 2.24) is 4.98 Å². The Morgan fingerprint density at radius 1 is 0.913 bits per heavy atom. The van der Waals surface area contributed by atoms with Crippen LogP contribution in [0.2, 0.25) is 0 Å². The summed E-state index contributed by atoms with van der Waals surface area (Å²) in [5.41, 5.74) is 6.24. The summed E-state index contributed by atoms with van der Waals surface area (Å²) in [5, 5.41) is 0. The van der Waals surface area contributed by atoms with Gasteiger partial charge in [-0.05, 0) is 64.8 Å². The predicted molar refractivity (Wildman–Crippen MR) is 99.5 cm³/mol. The van der Waals surface area contributed by atoms with Gasteiger partial charge < -0.3 is 0 Å². The van der Waals surface area contributed by atoms with Crippen molar-refractivity contribution in [3.8, 4) is 0 Å². The summed E-state index contributed by atoms with van der Waals surface area (Å²) in [4.78, 5) is 13.7. The molecular formula is C20H25N3. The molecule has 3 nitrogen and oxygen atoms in total. The second-order valence-electron chi connectivity index (χ2n) is 6.92. The summed E-state index contributed by atoms with van der Waals surface area (Å²) < 4.78 is 0. The van der Waals surface area contributed by atoms with Crippen LogP contribution in [0, 0.1) is 20.8 Å². The zero-order chi connectivity index (χ0) is 17.0. The normalized spacial score (nSPS) is 12.4. The second kappa shape index (κ2) is 6.86. The quantitative estimate of drug-likeness (QED) is 0.737. The largest absolute Gasteiger partial charge is 0.285 e. The molecule has 0 atom stereocenters. The first kappa shape index (κ1) is 17.1. The maximum atomic E-state index is 4.63. The first-order valence-corrected chi connectivity index (χ1v) is 7.89. The number of benzene rings is 1. The predicted octanol–water partition coefficient (Wildman–Crippen LogP) is 4.97. The molecular weight excluding hydrogens is 282 g/mol. The van der Waals surface area contributed by atoms with Crippen molar-refractivity contribution >= 4 is 18.1 Å². The maximum absolute atomic E-state index is 4.63. The van der Waals surface area contributed by atoms with Gasteiger partial charge in [-0.2, -0.15) is 0 Å². The number of pyridine rings is 1. The summed E-state index contributed by atoms with van der Waals surface area (Å²) in [5.74, 6) is 0. The molecule has 1 aromatic carbocycles. The Morgan fingerprint density at radius 3 is 2.04 bits per heavy atom. The third kappa shape index (κ3) is 5.13. The lowest BCUT2D eigenvalue weighted by molar-refractivity contribution is 0.586. The van der Waals surface area contributed by atoms with Crippen molar-refractivity contribution in [2.45, 2.75) is 47.1 Å². The minimum atomic E-state index is -0.0953. The molecule has 0 radical (unpaired) electrons. The SMILES string of the molecule is Cc1cc(C)c(N=Cc2cccc(C=NC(C)(C)C)n2)c(C)c1. The second-order valence-corrected chi connectivity index (χ2v) is 6.92. The van der Waals surface area contributed by atoms with Gasteiger partial charge in [-0.15, -0.1) is 0 Å². The molecule has 0 fully saturated rings. The molecule has 3 heteroatoms. The Morgan fingerprint density at radius 2 is 1.48 bits per heavy atom. The van der Waals surface area contributed by atoms with E-state index in [2.05, 4.69) is 68.6 Å². The maximum Gasteiger partial charge on any atom is 0.0820 e. The van der Waals surface area contributed by atoms with Crippen LogP contribution in [0.5, 0.6) is 0 Å². The van der Waals surface area contributed by atoms with E-state index in [1.165, 1.54) is 16.7 Å². The fraction of sp³-hybridized carbons (Fsp3) is 0.350. The van der Waals surface area contributed by atoms with Gasteiger partial charge in [0.15, 0.2) is 0 Å². The molecule has 120 valence electrons. The summed E-state index contributed by atoms with van der Waals surface area (Å²) in [7, 11) is 0. The average Bonchev–Trinajstić information content (AvgIpc) is 2.44. The standard InChI is InChI=1S/C20H25N3/c1-14-10-15(2)19(16(3)11-14)21-12-17-8-7-9-18(23-17)13-22-20(4,5)6/h7-13H,1-6H3. The molecule has 23 heavy (non-hydrogen) atoms. The molecule has 1 heterocycles. The highest BCUT2D eigenvalue weighted by molar-refractivity contribution is 5.83. The summed E-state index contributed by atoms with van der Waals surface area (Å²) >= 11 is 0. The minimum absolute atomic E-state index is 0.0953. The van der Waals surface area contributed by atoms with Crippen LogP contribution in [0.1, 0.15) is 48.8 Å². The van der Waals surface area contributed by atoms with Crippen molar-refractivity contribution in [2.24, 2.45) is 9.98 Å². The highest BCUT2D eigenvalue weighted by atomic mass is 14.8. The third-order valence-corrected chi connectivity index (χ3v) is 3.34. The lowest BCUT2D eigenvalue weighted by Gasteiger charge is -2.10. The molecule has 2 aromatic rings. The molecule has 1 aromatic heterocycles. The Kier molecular flexibility index (Phi) is 5.09. The molecule has 0 aliphatic heterocycles. The van der Waals surface area contributed by atoms with E-state index in [0.29, 0.717) is 0 Å². The van der Waals surface area contributed by atoms with E-state index < -0.39 is 0 Å². The molecule has 2 rings (SSSR count). The molecule has 0 saturated carbocycles. The van der Waals surface area contributed by atoms with Crippen LogP contribution < -0.4 is 0 Å². The van der Waals surface area contributed by atoms with Crippen molar-refractivity contribution < 1.29 is 0 Å². The van der Waals surface area contributed by atoms with Crippen LogP contribution >= 0.6 is 0 Å². The third-order valence-electron chi connectivity index (χ3n) is 3.34. The highest BCUT2D eigenvalue weighted by Gasteiger charge is 2.05. The van der Waals surface area contributed by atoms with E-state index in [-0.39, 0.29) is 5.54 Å². The number of rotatable bonds is 3. The highest BCUT2D eigenvalue weighted by Crippen LogP contribution is 2.24. The number of aryl methyl sites for hydroxylation is 3. The molecule has 0 bridgehead atoms. The fourth-order valence-corrected chi connectivity index (χ4v) is 2.38. The molecule has 0 aliphatic carbocycles. The van der Waals surface area contributed by atoms with Gasteiger partial charge in [-0.3, -0.25) is 9.98 Å². The number of hydrogen-bond donors (Lipinski definition) is 0. The van der Waals surface area contributed by atoms with Gasteiger partial charge in [-0.1, -0.05) is 23.8 Å². The first-order chi connectivity index (χ1) is 10.7. The van der Waals surface area contributed by atoms with Crippen molar-refractivity contribution in [3.63, 3.8) is 0 Å². The molecule has 0 N–H and O–H groups in total. The van der Waals surface area contributed by atoms with E-state index in [9.17, 15) is 0 Å². The zero-order valence-corrected chi connectivity index (χ0v) is 14.9. The minimum Gasteiger partial charge on any atom is -0.285 e. The first-order valence-electron chi connectivity index (χ1n) is 7.89. The topological polar surface area (TPSA) is 37.6 Å². The van der Waals surface area contributed by atoms with Crippen LogP contribution in [0.15, 0.2) is 40.3 Å².